The molecule has 1 aliphatic rings. The van der Waals surface area contributed by atoms with Crippen molar-refractivity contribution in [2.75, 3.05) is 10.5 Å². The Bertz CT molecular complexity index is 832. The fourth-order valence-corrected chi connectivity index (χ4v) is 4.46. The average molecular weight is 444 g/mol. The highest BCUT2D eigenvalue weighted by molar-refractivity contribution is 8.14. The van der Waals surface area contributed by atoms with Crippen molar-refractivity contribution in [3.8, 4) is 0 Å². The number of ether oxygens (including phenoxy) is 1. The number of benzene rings is 1. The van der Waals surface area contributed by atoms with Crippen molar-refractivity contribution in [3.05, 3.63) is 29.8 Å². The van der Waals surface area contributed by atoms with Crippen LogP contribution < -0.4 is 10.0 Å². The van der Waals surface area contributed by atoms with E-state index in [9.17, 15) is 13.2 Å². The number of carbonyl (C=O) groups is 1. The fraction of sp³-hybridized carbons (Fsp3) is 0.579. The molecule has 0 spiro atoms. The number of nitrogens with one attached hydrogen (secondary N) is 2. The van der Waals surface area contributed by atoms with Gasteiger partial charge >= 0.3 is 16.4 Å². The number of aliphatic imine (C=N–C) groups is 1. The molecule has 0 saturated heterocycles. The molecule has 0 saturated carbocycles. The Kier molecular flexibility index (Phi) is 7.95. The number of hydrogen-bond acceptors (Lipinski definition) is 6. The number of rotatable bonds is 8. The average Bonchev–Trinajstić information content (AvgIpc) is 3.02. The van der Waals surface area contributed by atoms with Crippen LogP contribution in [0.4, 0.5) is 10.5 Å². The lowest BCUT2D eigenvalue weighted by Gasteiger charge is -2.23. The molecule has 0 fully saturated rings. The molecule has 1 aromatic carbocycles. The number of alkyl carbamates (subject to hydrolysis) is 1. The van der Waals surface area contributed by atoms with E-state index in [4.69, 9.17) is 14.3 Å². The van der Waals surface area contributed by atoms with Crippen LogP contribution in [0.25, 0.3) is 0 Å². The Balaban J connectivity index is 2.14. The lowest BCUT2D eigenvalue weighted by molar-refractivity contribution is 0.0518. The highest BCUT2D eigenvalue weighted by Gasteiger charge is 2.28. The van der Waals surface area contributed by atoms with E-state index in [1.165, 1.54) is 0 Å². The number of carbonyl (C=O) groups excluding carboxylic acids is 1. The molecule has 2 atom stereocenters. The van der Waals surface area contributed by atoms with E-state index >= 15 is 0 Å². The minimum absolute atomic E-state index is 0.253. The first kappa shape index (κ1) is 23.5. The Morgan fingerprint density at radius 1 is 1.34 bits per heavy atom. The molecule has 1 aliphatic heterocycles. The first-order valence-corrected chi connectivity index (χ1v) is 11.9. The number of thioether (sulfide) groups is 1. The lowest BCUT2D eigenvalue weighted by atomic mass is 10.1. The maximum absolute atomic E-state index is 12.3. The molecule has 2 rings (SSSR count). The number of anilines is 1. The predicted molar refractivity (Wildman–Crippen MR) is 117 cm³/mol. The van der Waals surface area contributed by atoms with E-state index in [2.05, 4.69) is 12.2 Å². The van der Waals surface area contributed by atoms with Crippen LogP contribution in [0.2, 0.25) is 0 Å². The topological polar surface area (TPSA) is 117 Å². The van der Waals surface area contributed by atoms with Crippen molar-refractivity contribution in [2.45, 2.75) is 64.6 Å². The summed E-state index contributed by atoms with van der Waals surface area (Å²) < 4.78 is 38.1. The summed E-state index contributed by atoms with van der Waals surface area (Å²) in [6, 6.07) is 6.50. The van der Waals surface area contributed by atoms with E-state index in [1.807, 2.05) is 25.5 Å². The van der Waals surface area contributed by atoms with Crippen LogP contribution >= 0.6 is 11.8 Å². The molecule has 1 amide bonds. The largest absolute Gasteiger partial charge is 0.444 e. The van der Waals surface area contributed by atoms with Gasteiger partial charge in [0.1, 0.15) is 5.60 Å². The highest BCUT2D eigenvalue weighted by atomic mass is 32.2. The van der Waals surface area contributed by atoms with Crippen molar-refractivity contribution in [2.24, 2.45) is 4.99 Å². The number of nitrogens with zero attached hydrogens (tertiary/aromatic N) is 1. The molecule has 0 radical (unpaired) electrons. The maximum atomic E-state index is 12.3. The van der Waals surface area contributed by atoms with E-state index in [1.54, 1.807) is 36.0 Å². The molecule has 8 nitrogen and oxygen atoms in total. The minimum Gasteiger partial charge on any atom is -0.444 e. The fourth-order valence-electron chi connectivity index (χ4n) is 2.85. The van der Waals surface area contributed by atoms with E-state index in [-0.39, 0.29) is 17.8 Å². The summed E-state index contributed by atoms with van der Waals surface area (Å²) in [6.07, 6.45) is 2.03. The predicted octanol–water partition coefficient (Wildman–Crippen LogP) is 3.65. The highest BCUT2D eigenvalue weighted by Crippen LogP contribution is 2.25. The van der Waals surface area contributed by atoms with Crippen LogP contribution in [0.15, 0.2) is 29.3 Å². The number of hydrogen-bond donors (Lipinski definition) is 3. The van der Waals surface area contributed by atoms with Gasteiger partial charge in [-0.2, -0.15) is 8.42 Å². The Morgan fingerprint density at radius 3 is 2.55 bits per heavy atom. The van der Waals surface area contributed by atoms with E-state index in [0.29, 0.717) is 6.42 Å². The third-order valence-electron chi connectivity index (χ3n) is 3.98. The van der Waals surface area contributed by atoms with Crippen LogP contribution in [-0.2, 0) is 21.5 Å². The van der Waals surface area contributed by atoms with Gasteiger partial charge in [-0.1, -0.05) is 25.5 Å². The lowest BCUT2D eigenvalue weighted by Crippen LogP contribution is -2.43. The van der Waals surface area contributed by atoms with Gasteiger partial charge in [0, 0.05) is 5.75 Å². The summed E-state index contributed by atoms with van der Waals surface area (Å²) in [4.78, 5) is 17.1. The third kappa shape index (κ3) is 8.63. The summed E-state index contributed by atoms with van der Waals surface area (Å²) in [5.74, 6) is 0.896. The second-order valence-corrected chi connectivity index (χ2v) is 10.1. The van der Waals surface area contributed by atoms with E-state index < -0.39 is 22.0 Å². The summed E-state index contributed by atoms with van der Waals surface area (Å²) >= 11 is 1.64. The molecular formula is C19H29N3O5S2. The van der Waals surface area contributed by atoms with Crippen LogP contribution in [-0.4, -0.2) is 47.5 Å². The molecule has 10 heteroatoms. The summed E-state index contributed by atoms with van der Waals surface area (Å²) in [5.41, 5.74) is 0.533. The molecule has 162 valence electrons. The van der Waals surface area contributed by atoms with Crippen LogP contribution in [0.5, 0.6) is 0 Å². The standard InChI is InChI=1S/C19H29N3O5S2/c1-5-6-15-12-28-17(20-15)16(21-18(23)27-19(2,3)4)11-13-7-9-14(10-8-13)22-29(24,25)26/h7-10,15-16,22H,5-6,11-12H2,1-4H3,(H,21,23)(H,24,25,26)/t15?,16-/m0/s1. The summed E-state index contributed by atoms with van der Waals surface area (Å²) in [6.45, 7) is 7.54. The van der Waals surface area contributed by atoms with E-state index in [0.717, 1.165) is 29.2 Å². The van der Waals surface area contributed by atoms with Crippen molar-refractivity contribution >= 4 is 38.9 Å². The quantitative estimate of drug-likeness (QED) is 0.528. The second-order valence-electron chi connectivity index (χ2n) is 7.90. The Labute approximate surface area is 176 Å². The molecule has 1 aromatic rings. The maximum Gasteiger partial charge on any atom is 0.408 e. The van der Waals surface area contributed by atoms with Crippen molar-refractivity contribution in [1.82, 2.24) is 5.32 Å². The van der Waals surface area contributed by atoms with Crippen molar-refractivity contribution in [3.63, 3.8) is 0 Å². The van der Waals surface area contributed by atoms with Gasteiger partial charge in [-0.25, -0.2) is 4.79 Å². The number of amides is 1. The van der Waals surface area contributed by atoms with Crippen molar-refractivity contribution < 1.29 is 22.5 Å². The molecule has 0 aliphatic carbocycles. The molecule has 1 heterocycles. The Morgan fingerprint density at radius 2 is 2.00 bits per heavy atom. The normalized spacial score (nSPS) is 18.1. The van der Waals surface area contributed by atoms with Gasteiger partial charge < -0.3 is 10.1 Å². The zero-order valence-corrected chi connectivity index (χ0v) is 18.8. The summed E-state index contributed by atoms with van der Waals surface area (Å²) in [7, 11) is -4.32. The zero-order valence-electron chi connectivity index (χ0n) is 17.1. The Hall–Kier alpha value is -1.78. The van der Waals surface area contributed by atoms with Gasteiger partial charge in [-0.15, -0.1) is 11.8 Å². The van der Waals surface area contributed by atoms with Gasteiger partial charge in [0.25, 0.3) is 0 Å². The smallest absolute Gasteiger partial charge is 0.408 e. The van der Waals surface area contributed by atoms with Gasteiger partial charge in [-0.05, 0) is 51.3 Å². The summed E-state index contributed by atoms with van der Waals surface area (Å²) in [5, 5.41) is 3.79. The first-order valence-electron chi connectivity index (χ1n) is 9.49. The minimum atomic E-state index is -4.32. The monoisotopic (exact) mass is 443 g/mol. The van der Waals surface area contributed by atoms with Crippen molar-refractivity contribution in [1.29, 1.82) is 0 Å². The van der Waals surface area contributed by atoms with Gasteiger partial charge in [0.15, 0.2) is 0 Å². The van der Waals surface area contributed by atoms with Gasteiger partial charge in [0.05, 0.1) is 22.8 Å². The molecular weight excluding hydrogens is 414 g/mol. The zero-order chi connectivity index (χ0) is 21.7. The van der Waals surface area contributed by atoms with Gasteiger partial charge in [-0.3, -0.25) is 14.3 Å². The van der Waals surface area contributed by atoms with Crippen LogP contribution in [0.3, 0.4) is 0 Å². The van der Waals surface area contributed by atoms with Crippen LogP contribution in [0, 0.1) is 0 Å². The van der Waals surface area contributed by atoms with Gasteiger partial charge in [0.2, 0.25) is 0 Å². The molecule has 1 unspecified atom stereocenters. The third-order valence-corrected chi connectivity index (χ3v) is 5.72. The SMILES string of the molecule is CCCC1CSC([C@H](Cc2ccc(NS(=O)(=O)O)cc2)NC(=O)OC(C)(C)C)=N1. The van der Waals surface area contributed by atoms with Crippen LogP contribution in [0.1, 0.15) is 46.1 Å². The first-order chi connectivity index (χ1) is 13.4. The molecule has 29 heavy (non-hydrogen) atoms. The second kappa shape index (κ2) is 9.82. The molecule has 3 N–H and O–H groups in total. The molecule has 0 aromatic heterocycles. The molecule has 0 bridgehead atoms.